The Morgan fingerprint density at radius 2 is 2.15 bits per heavy atom. The number of rotatable bonds is 2. The molecule has 0 heterocycles. The maximum Gasteiger partial charge on any atom is 0.139 e. The van der Waals surface area contributed by atoms with E-state index in [2.05, 4.69) is 15.9 Å². The first-order valence-corrected chi connectivity index (χ1v) is 4.87. The summed E-state index contributed by atoms with van der Waals surface area (Å²) in [5, 5.41) is 9.81. The van der Waals surface area contributed by atoms with Crippen LogP contribution in [0, 0.1) is 0 Å². The van der Waals surface area contributed by atoms with E-state index in [9.17, 15) is 5.11 Å². The second kappa shape index (κ2) is 4.28. The van der Waals surface area contributed by atoms with Crippen molar-refractivity contribution in [3.63, 3.8) is 0 Å². The van der Waals surface area contributed by atoms with Crippen LogP contribution in [-0.4, -0.2) is 11.7 Å². The van der Waals surface area contributed by atoms with Gasteiger partial charge in [-0.3, -0.25) is 0 Å². The van der Waals surface area contributed by atoms with Crippen molar-refractivity contribution in [1.29, 1.82) is 0 Å². The molecule has 0 radical (unpaired) electrons. The molecule has 72 valence electrons. The number of nitrogens with two attached hydrogens (primary N) is 2. The van der Waals surface area contributed by atoms with E-state index in [-0.39, 0.29) is 17.3 Å². The molecule has 0 saturated carbocycles. The minimum absolute atomic E-state index is 0.00261. The molecule has 1 unspecified atom stereocenters. The van der Waals surface area contributed by atoms with Gasteiger partial charge in [-0.05, 0) is 12.1 Å². The van der Waals surface area contributed by atoms with E-state index in [4.69, 9.17) is 23.1 Å². The number of phenolic OH excluding ortho intramolecular Hbond substituents is 1. The normalized spacial score (nSPS) is 12.9. The van der Waals surface area contributed by atoms with Gasteiger partial charge in [-0.2, -0.15) is 0 Å². The van der Waals surface area contributed by atoms with Gasteiger partial charge in [-0.25, -0.2) is 0 Å². The first kappa shape index (κ1) is 10.8. The number of hydrogen-bond acceptors (Lipinski definition) is 3. The summed E-state index contributed by atoms with van der Waals surface area (Å²) >= 11 is 9.00. The highest BCUT2D eigenvalue weighted by Crippen LogP contribution is 2.33. The van der Waals surface area contributed by atoms with Gasteiger partial charge >= 0.3 is 0 Å². The van der Waals surface area contributed by atoms with Gasteiger partial charge in [0, 0.05) is 22.6 Å². The van der Waals surface area contributed by atoms with Crippen molar-refractivity contribution in [3.8, 4) is 5.75 Å². The van der Waals surface area contributed by atoms with Gasteiger partial charge in [0.1, 0.15) is 5.75 Å². The number of halogens is 2. The van der Waals surface area contributed by atoms with Gasteiger partial charge in [0.25, 0.3) is 0 Å². The SMILES string of the molecule is NCC(N)c1cc(Br)cc(Cl)c1O. The van der Waals surface area contributed by atoms with Crippen molar-refractivity contribution < 1.29 is 5.11 Å². The monoisotopic (exact) mass is 264 g/mol. The van der Waals surface area contributed by atoms with Gasteiger partial charge in [0.05, 0.1) is 5.02 Å². The highest BCUT2D eigenvalue weighted by molar-refractivity contribution is 9.10. The van der Waals surface area contributed by atoms with Gasteiger partial charge < -0.3 is 16.6 Å². The second-order valence-corrected chi connectivity index (χ2v) is 3.99. The average Bonchev–Trinajstić information content (AvgIpc) is 2.10. The van der Waals surface area contributed by atoms with Crippen LogP contribution in [0.4, 0.5) is 0 Å². The lowest BCUT2D eigenvalue weighted by Crippen LogP contribution is -2.20. The molecule has 0 spiro atoms. The molecule has 13 heavy (non-hydrogen) atoms. The van der Waals surface area contributed by atoms with E-state index in [1.54, 1.807) is 12.1 Å². The van der Waals surface area contributed by atoms with E-state index in [0.717, 1.165) is 4.47 Å². The van der Waals surface area contributed by atoms with E-state index in [0.29, 0.717) is 5.56 Å². The summed E-state index contributed by atoms with van der Waals surface area (Å²) in [5.41, 5.74) is 11.6. The van der Waals surface area contributed by atoms with Crippen molar-refractivity contribution in [2.24, 2.45) is 11.5 Å². The fourth-order valence-corrected chi connectivity index (χ4v) is 1.83. The third-order valence-corrected chi connectivity index (χ3v) is 2.46. The molecule has 0 aliphatic carbocycles. The van der Waals surface area contributed by atoms with Crippen LogP contribution in [0.3, 0.4) is 0 Å². The largest absolute Gasteiger partial charge is 0.506 e. The molecule has 5 N–H and O–H groups in total. The summed E-state index contributed by atoms with van der Waals surface area (Å²) in [6, 6.07) is 2.91. The van der Waals surface area contributed by atoms with Crippen LogP contribution in [0.15, 0.2) is 16.6 Å². The lowest BCUT2D eigenvalue weighted by molar-refractivity contribution is 0.462. The van der Waals surface area contributed by atoms with Crippen LogP contribution in [0.2, 0.25) is 5.02 Å². The molecule has 0 saturated heterocycles. The van der Waals surface area contributed by atoms with Crippen LogP contribution in [0.1, 0.15) is 11.6 Å². The summed E-state index contributed by atoms with van der Waals surface area (Å²) in [5.74, 6) is 0.00261. The van der Waals surface area contributed by atoms with Gasteiger partial charge in [-0.1, -0.05) is 27.5 Å². The van der Waals surface area contributed by atoms with Gasteiger partial charge in [0.15, 0.2) is 0 Å². The Bertz CT molecular complexity index is 319. The van der Waals surface area contributed by atoms with Crippen molar-refractivity contribution in [1.82, 2.24) is 0 Å². The molecular formula is C8H10BrClN2O. The Kier molecular flexibility index (Phi) is 3.55. The Balaban J connectivity index is 3.20. The zero-order chi connectivity index (χ0) is 10.0. The molecule has 0 bridgehead atoms. The third-order valence-electron chi connectivity index (χ3n) is 1.71. The fourth-order valence-electron chi connectivity index (χ4n) is 0.996. The van der Waals surface area contributed by atoms with Crippen LogP contribution in [0.25, 0.3) is 0 Å². The zero-order valence-corrected chi connectivity index (χ0v) is 9.14. The summed E-state index contributed by atoms with van der Waals surface area (Å²) in [7, 11) is 0. The maximum absolute atomic E-state index is 9.54. The molecule has 5 heteroatoms. The Hall–Kier alpha value is -0.290. The first-order valence-electron chi connectivity index (χ1n) is 3.69. The standard InChI is InChI=1S/C8H10BrClN2O/c9-4-1-5(7(12)3-11)8(13)6(10)2-4/h1-2,7,13H,3,11-12H2. The molecule has 1 rings (SSSR count). The molecule has 1 aromatic carbocycles. The lowest BCUT2D eigenvalue weighted by atomic mass is 10.1. The predicted molar refractivity (Wildman–Crippen MR) is 56.8 cm³/mol. The molecule has 0 aliphatic heterocycles. The van der Waals surface area contributed by atoms with Gasteiger partial charge in [-0.15, -0.1) is 0 Å². The highest BCUT2D eigenvalue weighted by Gasteiger charge is 2.12. The Morgan fingerprint density at radius 3 is 2.69 bits per heavy atom. The second-order valence-electron chi connectivity index (χ2n) is 2.67. The number of aromatic hydroxyl groups is 1. The maximum atomic E-state index is 9.54. The minimum Gasteiger partial charge on any atom is -0.506 e. The topological polar surface area (TPSA) is 72.3 Å². The minimum atomic E-state index is -0.394. The average molecular weight is 266 g/mol. The van der Waals surface area contributed by atoms with E-state index >= 15 is 0 Å². The van der Waals surface area contributed by atoms with Crippen LogP contribution < -0.4 is 11.5 Å². The summed E-state index contributed by atoms with van der Waals surface area (Å²) in [6.07, 6.45) is 0. The molecular weight excluding hydrogens is 255 g/mol. The number of phenols is 1. The number of benzene rings is 1. The van der Waals surface area contributed by atoms with Crippen molar-refractivity contribution in [2.45, 2.75) is 6.04 Å². The smallest absolute Gasteiger partial charge is 0.139 e. The van der Waals surface area contributed by atoms with E-state index < -0.39 is 6.04 Å². The van der Waals surface area contributed by atoms with Crippen molar-refractivity contribution in [3.05, 3.63) is 27.2 Å². The molecule has 0 amide bonds. The summed E-state index contributed by atoms with van der Waals surface area (Å²) < 4.78 is 0.772. The van der Waals surface area contributed by atoms with Crippen molar-refractivity contribution in [2.75, 3.05) is 6.54 Å². The van der Waals surface area contributed by atoms with Gasteiger partial charge in [0.2, 0.25) is 0 Å². The molecule has 1 atom stereocenters. The molecule has 3 nitrogen and oxygen atoms in total. The molecule has 0 fully saturated rings. The Labute approximate surface area is 89.8 Å². The number of hydrogen-bond donors (Lipinski definition) is 3. The van der Waals surface area contributed by atoms with Crippen LogP contribution in [-0.2, 0) is 0 Å². The van der Waals surface area contributed by atoms with E-state index in [1.807, 2.05) is 0 Å². The highest BCUT2D eigenvalue weighted by atomic mass is 79.9. The predicted octanol–water partition coefficient (Wildman–Crippen LogP) is 1.77. The molecule has 0 aromatic heterocycles. The Morgan fingerprint density at radius 1 is 1.54 bits per heavy atom. The first-order chi connectivity index (χ1) is 6.06. The van der Waals surface area contributed by atoms with Crippen LogP contribution >= 0.6 is 27.5 Å². The summed E-state index contributed by atoms with van der Waals surface area (Å²) in [4.78, 5) is 0. The van der Waals surface area contributed by atoms with Crippen LogP contribution in [0.5, 0.6) is 5.75 Å². The third kappa shape index (κ3) is 2.34. The quantitative estimate of drug-likeness (QED) is 0.763. The van der Waals surface area contributed by atoms with E-state index in [1.165, 1.54) is 0 Å². The van der Waals surface area contributed by atoms with Crippen molar-refractivity contribution >= 4 is 27.5 Å². The summed E-state index contributed by atoms with van der Waals surface area (Å²) in [6.45, 7) is 0.264. The molecule has 0 aliphatic rings. The zero-order valence-electron chi connectivity index (χ0n) is 6.80. The molecule has 1 aromatic rings. The fraction of sp³-hybridized carbons (Fsp3) is 0.250. The lowest BCUT2D eigenvalue weighted by Gasteiger charge is -2.12.